The van der Waals surface area contributed by atoms with Crippen molar-refractivity contribution in [3.8, 4) is 0 Å². The summed E-state index contributed by atoms with van der Waals surface area (Å²) < 4.78 is 15.8. The largest absolute Gasteiger partial charge is 0.355 e. The zero-order valence-electron chi connectivity index (χ0n) is 22.7. The van der Waals surface area contributed by atoms with Gasteiger partial charge in [0.05, 0.1) is 11.1 Å². The highest BCUT2D eigenvalue weighted by atomic mass is 35.5. The van der Waals surface area contributed by atoms with Crippen LogP contribution >= 0.6 is 23.2 Å². The normalized spacial score (nSPS) is 27.0. The number of halogens is 3. The second-order valence-electron chi connectivity index (χ2n) is 12.4. The number of hydrogen-bond donors (Lipinski definition) is 4. The number of anilines is 1. The van der Waals surface area contributed by atoms with Crippen LogP contribution in [-0.2, 0) is 15.0 Å². The third-order valence-electron chi connectivity index (χ3n) is 8.53. The molecule has 0 radical (unpaired) electrons. The summed E-state index contributed by atoms with van der Waals surface area (Å²) in [6.45, 7) is 8.81. The molecule has 3 heterocycles. The Labute approximate surface area is 239 Å². The van der Waals surface area contributed by atoms with Crippen molar-refractivity contribution in [2.45, 2.75) is 69.9 Å². The van der Waals surface area contributed by atoms with Gasteiger partial charge in [-0.05, 0) is 79.4 Å². The van der Waals surface area contributed by atoms with Gasteiger partial charge in [-0.1, -0.05) is 62.2 Å². The summed E-state index contributed by atoms with van der Waals surface area (Å²) in [5.74, 6) is -1.38. The molecule has 210 valence electrons. The van der Waals surface area contributed by atoms with E-state index < -0.39 is 29.2 Å². The smallest absolute Gasteiger partial charge is 0.237 e. The van der Waals surface area contributed by atoms with E-state index in [4.69, 9.17) is 23.2 Å². The lowest BCUT2D eigenvalue weighted by molar-refractivity contribution is -0.123. The second kappa shape index (κ2) is 11.0. The van der Waals surface area contributed by atoms with E-state index in [0.29, 0.717) is 35.2 Å². The molecule has 2 saturated heterocycles. The molecule has 0 aromatic heterocycles. The van der Waals surface area contributed by atoms with E-state index in [0.717, 1.165) is 32.4 Å². The number of carbonyl (C=O) groups is 2. The standard InChI is InChI=1S/C30H37Cl2FN4O2/c1-29(2,3)16-23-30(20-8-7-18(31)15-22(20)36-28(30)39)24(19-5-4-6-21(32)25(19)33)26(37-23)27(38)35-14-11-17-9-12-34-13-10-17/h4-8,15,17,23-24,26,34,37H,9-14,16H2,1-3H3,(H,35,38)(H,36,39)/t23-,24+,26-,30+/m1/s1. The summed E-state index contributed by atoms with van der Waals surface area (Å²) in [6, 6.07) is 8.81. The molecule has 4 N–H and O–H groups in total. The van der Waals surface area contributed by atoms with Gasteiger partial charge in [-0.15, -0.1) is 0 Å². The van der Waals surface area contributed by atoms with Crippen LogP contribution in [0.3, 0.4) is 0 Å². The van der Waals surface area contributed by atoms with Crippen LogP contribution in [0.4, 0.5) is 10.1 Å². The molecular weight excluding hydrogens is 538 g/mol. The van der Waals surface area contributed by atoms with Crippen LogP contribution in [0.2, 0.25) is 10.0 Å². The van der Waals surface area contributed by atoms with Crippen LogP contribution in [0.25, 0.3) is 0 Å². The van der Waals surface area contributed by atoms with Gasteiger partial charge in [0.15, 0.2) is 0 Å². The average molecular weight is 576 g/mol. The van der Waals surface area contributed by atoms with Crippen LogP contribution in [0.5, 0.6) is 0 Å². The highest BCUT2D eigenvalue weighted by Gasteiger charge is 2.66. The molecule has 2 aromatic rings. The highest BCUT2D eigenvalue weighted by molar-refractivity contribution is 6.31. The topological polar surface area (TPSA) is 82.3 Å². The van der Waals surface area contributed by atoms with Gasteiger partial charge in [-0.3, -0.25) is 9.59 Å². The van der Waals surface area contributed by atoms with E-state index in [-0.39, 0.29) is 27.8 Å². The molecule has 9 heteroatoms. The Morgan fingerprint density at radius 1 is 1.15 bits per heavy atom. The third kappa shape index (κ3) is 5.31. The number of carbonyl (C=O) groups excluding carboxylic acids is 2. The van der Waals surface area contributed by atoms with Gasteiger partial charge in [-0.2, -0.15) is 0 Å². The summed E-state index contributed by atoms with van der Waals surface area (Å²) in [7, 11) is 0. The van der Waals surface area contributed by atoms with Crippen LogP contribution in [0.15, 0.2) is 36.4 Å². The molecule has 0 saturated carbocycles. The molecule has 1 spiro atoms. The predicted molar refractivity (Wildman–Crippen MR) is 154 cm³/mol. The minimum Gasteiger partial charge on any atom is -0.355 e. The first kappa shape index (κ1) is 28.3. The summed E-state index contributed by atoms with van der Waals surface area (Å²) in [4.78, 5) is 28.0. The lowest BCUT2D eigenvalue weighted by atomic mass is 9.62. The first-order valence-electron chi connectivity index (χ1n) is 13.8. The predicted octanol–water partition coefficient (Wildman–Crippen LogP) is 5.39. The summed E-state index contributed by atoms with van der Waals surface area (Å²) >= 11 is 12.6. The zero-order chi connectivity index (χ0) is 27.9. The molecule has 6 nitrogen and oxygen atoms in total. The molecule has 0 aliphatic carbocycles. The van der Waals surface area contributed by atoms with E-state index in [9.17, 15) is 9.59 Å². The number of piperidine rings is 1. The van der Waals surface area contributed by atoms with Gasteiger partial charge in [0.25, 0.3) is 0 Å². The zero-order valence-corrected chi connectivity index (χ0v) is 24.2. The quantitative estimate of drug-likeness (QED) is 0.373. The van der Waals surface area contributed by atoms with E-state index in [1.54, 1.807) is 24.3 Å². The maximum atomic E-state index is 15.8. The molecule has 39 heavy (non-hydrogen) atoms. The van der Waals surface area contributed by atoms with Crippen molar-refractivity contribution in [3.05, 3.63) is 63.4 Å². The first-order chi connectivity index (χ1) is 18.5. The number of fused-ring (bicyclic) bond motifs is 2. The number of benzene rings is 2. The Morgan fingerprint density at radius 2 is 1.90 bits per heavy atom. The summed E-state index contributed by atoms with van der Waals surface area (Å²) in [5, 5.41) is 13.5. The van der Waals surface area contributed by atoms with Crippen molar-refractivity contribution in [1.82, 2.24) is 16.0 Å². The molecule has 4 atom stereocenters. The fourth-order valence-corrected chi connectivity index (χ4v) is 7.19. The maximum Gasteiger partial charge on any atom is 0.237 e. The summed E-state index contributed by atoms with van der Waals surface area (Å²) in [5.41, 5.74) is 0.136. The average Bonchev–Trinajstić information content (AvgIpc) is 3.35. The number of hydrogen-bond acceptors (Lipinski definition) is 4. The molecule has 0 unspecified atom stereocenters. The molecule has 2 fully saturated rings. The van der Waals surface area contributed by atoms with Crippen molar-refractivity contribution < 1.29 is 14.0 Å². The van der Waals surface area contributed by atoms with Gasteiger partial charge in [0, 0.05) is 29.2 Å². The van der Waals surface area contributed by atoms with Crippen molar-refractivity contribution >= 4 is 40.7 Å². The van der Waals surface area contributed by atoms with E-state index in [2.05, 4.69) is 42.0 Å². The molecule has 0 bridgehead atoms. The fourth-order valence-electron chi connectivity index (χ4n) is 6.83. The van der Waals surface area contributed by atoms with Crippen LogP contribution in [-0.4, -0.2) is 43.5 Å². The third-order valence-corrected chi connectivity index (χ3v) is 9.06. The molecule has 3 aliphatic heterocycles. The Bertz CT molecular complexity index is 1260. The van der Waals surface area contributed by atoms with Crippen LogP contribution in [0, 0.1) is 17.2 Å². The molecule has 3 aliphatic rings. The van der Waals surface area contributed by atoms with Crippen molar-refractivity contribution in [1.29, 1.82) is 0 Å². The van der Waals surface area contributed by atoms with Crippen LogP contribution < -0.4 is 21.3 Å². The molecule has 5 rings (SSSR count). The van der Waals surface area contributed by atoms with Gasteiger partial charge in [0.2, 0.25) is 11.8 Å². The second-order valence-corrected chi connectivity index (χ2v) is 13.2. The van der Waals surface area contributed by atoms with E-state index in [1.807, 2.05) is 6.07 Å². The van der Waals surface area contributed by atoms with Gasteiger partial charge in [-0.25, -0.2) is 4.39 Å². The Balaban J connectivity index is 1.59. The highest BCUT2D eigenvalue weighted by Crippen LogP contribution is 2.57. The number of nitrogens with one attached hydrogen (secondary N) is 4. The van der Waals surface area contributed by atoms with Crippen molar-refractivity contribution in [3.63, 3.8) is 0 Å². The Hall–Kier alpha value is -2.19. The first-order valence-corrected chi connectivity index (χ1v) is 14.6. The monoisotopic (exact) mass is 574 g/mol. The summed E-state index contributed by atoms with van der Waals surface area (Å²) in [6.07, 6.45) is 3.64. The van der Waals surface area contributed by atoms with Crippen molar-refractivity contribution in [2.24, 2.45) is 11.3 Å². The molecule has 2 amide bonds. The molecular formula is C30H37Cl2FN4O2. The fraction of sp³-hybridized carbons (Fsp3) is 0.533. The van der Waals surface area contributed by atoms with Gasteiger partial charge < -0.3 is 21.3 Å². The SMILES string of the molecule is CC(C)(C)C[C@H]1N[C@@H](C(=O)NCCC2CCNCC2)[C@H](c2cccc(Cl)c2F)[C@@]12C(=O)Nc1cc(Cl)ccc12. The Morgan fingerprint density at radius 3 is 2.62 bits per heavy atom. The number of amides is 2. The van der Waals surface area contributed by atoms with Gasteiger partial charge >= 0.3 is 0 Å². The lowest BCUT2D eigenvalue weighted by Gasteiger charge is -2.37. The van der Waals surface area contributed by atoms with Crippen molar-refractivity contribution in [2.75, 3.05) is 25.0 Å². The molecule has 2 aromatic carbocycles. The lowest BCUT2D eigenvalue weighted by Crippen LogP contribution is -2.49. The van der Waals surface area contributed by atoms with Crippen LogP contribution in [0.1, 0.15) is 63.5 Å². The Kier molecular flexibility index (Phi) is 7.99. The van der Waals surface area contributed by atoms with E-state index in [1.165, 1.54) is 6.07 Å². The number of rotatable bonds is 6. The van der Waals surface area contributed by atoms with E-state index >= 15 is 4.39 Å². The van der Waals surface area contributed by atoms with Gasteiger partial charge in [0.1, 0.15) is 11.2 Å². The maximum absolute atomic E-state index is 15.8. The minimum absolute atomic E-state index is 0.0401. The minimum atomic E-state index is -1.24.